The number of methoxy groups -OCH3 is 1. The Morgan fingerprint density at radius 3 is 2.71 bits per heavy atom. The Hall–Kier alpha value is -3.16. The van der Waals surface area contributed by atoms with Crippen LogP contribution in [0.1, 0.15) is 29.7 Å². The first kappa shape index (κ1) is 21.4. The predicted molar refractivity (Wildman–Crippen MR) is 129 cm³/mol. The molecule has 3 heterocycles. The lowest BCUT2D eigenvalue weighted by atomic mass is 10.1. The van der Waals surface area contributed by atoms with E-state index in [-0.39, 0.29) is 5.82 Å². The molecule has 8 heteroatoms. The van der Waals surface area contributed by atoms with Crippen molar-refractivity contribution < 1.29 is 13.9 Å². The third-order valence-corrected chi connectivity index (χ3v) is 6.83. The van der Waals surface area contributed by atoms with Crippen LogP contribution in [-0.4, -0.2) is 28.3 Å². The maximum Gasteiger partial charge on any atom is 0.165 e. The van der Waals surface area contributed by atoms with Crippen LogP contribution < -0.4 is 9.64 Å². The summed E-state index contributed by atoms with van der Waals surface area (Å²) in [4.78, 5) is 7.29. The van der Waals surface area contributed by atoms with E-state index in [0.717, 1.165) is 46.0 Å². The van der Waals surface area contributed by atoms with Gasteiger partial charge in [0.15, 0.2) is 5.65 Å². The molecule has 1 saturated carbocycles. The Kier molecular flexibility index (Phi) is 5.38. The molecule has 2 aromatic carbocycles. The highest BCUT2D eigenvalue weighted by Gasteiger charge is 2.31. The molecular formula is C26H24ClFN4O2. The number of ether oxygens (including phenoxy) is 2. The first-order valence-electron chi connectivity index (χ1n) is 11.4. The van der Waals surface area contributed by atoms with Crippen LogP contribution in [-0.2, 0) is 24.5 Å². The molecule has 0 spiro atoms. The largest absolute Gasteiger partial charge is 0.497 e. The third kappa shape index (κ3) is 3.89. The lowest BCUT2D eigenvalue weighted by molar-refractivity contribution is 0.133. The summed E-state index contributed by atoms with van der Waals surface area (Å²) in [6.45, 7) is 2.52. The van der Waals surface area contributed by atoms with Crippen molar-refractivity contribution in [3.8, 4) is 16.9 Å². The van der Waals surface area contributed by atoms with Crippen LogP contribution in [0.4, 0.5) is 10.2 Å². The Morgan fingerprint density at radius 1 is 1.15 bits per heavy atom. The van der Waals surface area contributed by atoms with E-state index in [9.17, 15) is 4.39 Å². The monoisotopic (exact) mass is 478 g/mol. The number of fused-ring (bicyclic) bond motifs is 2. The van der Waals surface area contributed by atoms with Crippen molar-refractivity contribution in [2.45, 2.75) is 32.6 Å². The molecule has 0 bridgehead atoms. The van der Waals surface area contributed by atoms with Gasteiger partial charge < -0.3 is 14.4 Å². The van der Waals surface area contributed by atoms with E-state index in [0.29, 0.717) is 36.4 Å². The zero-order valence-corrected chi connectivity index (χ0v) is 19.6. The Bertz CT molecular complexity index is 1370. The van der Waals surface area contributed by atoms with E-state index in [1.54, 1.807) is 13.2 Å². The van der Waals surface area contributed by atoms with Gasteiger partial charge in [-0.15, -0.1) is 0 Å². The Balaban J connectivity index is 1.49. The molecule has 0 saturated heterocycles. The van der Waals surface area contributed by atoms with Gasteiger partial charge in [-0.25, -0.2) is 9.37 Å². The summed E-state index contributed by atoms with van der Waals surface area (Å²) in [6, 6.07) is 12.3. The second-order valence-corrected chi connectivity index (χ2v) is 9.35. The van der Waals surface area contributed by atoms with Gasteiger partial charge in [0, 0.05) is 29.8 Å². The summed E-state index contributed by atoms with van der Waals surface area (Å²) < 4.78 is 26.6. The van der Waals surface area contributed by atoms with Crippen LogP contribution in [0.2, 0.25) is 5.02 Å². The summed E-state index contributed by atoms with van der Waals surface area (Å²) in [7, 11) is 1.62. The summed E-state index contributed by atoms with van der Waals surface area (Å²) in [6.07, 6.45) is 4.26. The molecule has 1 fully saturated rings. The maximum atomic E-state index is 13.5. The van der Waals surface area contributed by atoms with Crippen LogP contribution >= 0.6 is 11.6 Å². The molecule has 34 heavy (non-hydrogen) atoms. The van der Waals surface area contributed by atoms with Crippen molar-refractivity contribution in [2.75, 3.05) is 18.6 Å². The van der Waals surface area contributed by atoms with Crippen molar-refractivity contribution in [3.05, 3.63) is 76.3 Å². The number of hydrogen-bond acceptors (Lipinski definition) is 5. The lowest BCUT2D eigenvalue weighted by Gasteiger charge is -2.27. The van der Waals surface area contributed by atoms with E-state index in [2.05, 4.69) is 4.90 Å². The van der Waals surface area contributed by atoms with E-state index in [1.165, 1.54) is 25.0 Å². The molecular weight excluding hydrogens is 455 g/mol. The maximum absolute atomic E-state index is 13.5. The topological polar surface area (TPSA) is 51.9 Å². The van der Waals surface area contributed by atoms with Crippen molar-refractivity contribution in [3.63, 3.8) is 0 Å². The van der Waals surface area contributed by atoms with Crippen LogP contribution in [0.5, 0.6) is 5.75 Å². The molecule has 4 aromatic rings. The second-order valence-electron chi connectivity index (χ2n) is 8.94. The standard InChI is InChI=1S/C26H24ClFN4O2/c1-33-19-8-9-20(23(27)10-19)21-11-29-32-25(21)30-24-15-34-14-22(24)26(32)31(12-16-2-3-16)13-17-4-6-18(28)7-5-17/h4-11,16H,2-3,12-15H2,1H3. The van der Waals surface area contributed by atoms with Crippen LogP contribution in [0.25, 0.3) is 16.8 Å². The van der Waals surface area contributed by atoms with Crippen LogP contribution in [0.15, 0.2) is 48.7 Å². The Labute approximate surface area is 201 Å². The van der Waals surface area contributed by atoms with Gasteiger partial charge in [0.25, 0.3) is 0 Å². The number of aromatic nitrogens is 3. The minimum Gasteiger partial charge on any atom is -0.497 e. The molecule has 6 rings (SSSR count). The second kappa shape index (κ2) is 8.56. The van der Waals surface area contributed by atoms with Gasteiger partial charge in [0.1, 0.15) is 17.4 Å². The van der Waals surface area contributed by atoms with E-state index >= 15 is 0 Å². The van der Waals surface area contributed by atoms with Crippen LogP contribution in [0, 0.1) is 11.7 Å². The average Bonchev–Trinajstić information content (AvgIpc) is 3.37. The fraction of sp³-hybridized carbons (Fsp3) is 0.308. The molecule has 6 nitrogen and oxygen atoms in total. The van der Waals surface area contributed by atoms with E-state index in [1.807, 2.05) is 35.0 Å². The van der Waals surface area contributed by atoms with Gasteiger partial charge in [-0.2, -0.15) is 9.61 Å². The highest BCUT2D eigenvalue weighted by molar-refractivity contribution is 6.33. The smallest absolute Gasteiger partial charge is 0.165 e. The molecule has 0 radical (unpaired) electrons. The highest BCUT2D eigenvalue weighted by Crippen LogP contribution is 2.39. The van der Waals surface area contributed by atoms with Crippen molar-refractivity contribution >= 4 is 23.1 Å². The number of nitrogens with zero attached hydrogens (tertiary/aromatic N) is 4. The number of hydrogen-bond donors (Lipinski definition) is 0. The van der Waals surface area contributed by atoms with Gasteiger partial charge in [-0.1, -0.05) is 23.7 Å². The molecule has 1 aliphatic heterocycles. The summed E-state index contributed by atoms with van der Waals surface area (Å²) in [5.74, 6) is 2.10. The quantitative estimate of drug-likeness (QED) is 0.344. The third-order valence-electron chi connectivity index (χ3n) is 6.52. The molecule has 0 amide bonds. The van der Waals surface area contributed by atoms with Crippen molar-refractivity contribution in [1.29, 1.82) is 0 Å². The summed E-state index contributed by atoms with van der Waals surface area (Å²) >= 11 is 6.61. The number of anilines is 1. The summed E-state index contributed by atoms with van der Waals surface area (Å²) in [5, 5.41) is 5.35. The zero-order chi connectivity index (χ0) is 23.2. The fourth-order valence-corrected chi connectivity index (χ4v) is 4.85. The summed E-state index contributed by atoms with van der Waals surface area (Å²) in [5.41, 5.74) is 5.48. The normalized spacial score (nSPS) is 15.0. The van der Waals surface area contributed by atoms with Gasteiger partial charge in [-0.3, -0.25) is 0 Å². The molecule has 0 N–H and O–H groups in total. The van der Waals surface area contributed by atoms with Crippen LogP contribution in [0.3, 0.4) is 0 Å². The lowest BCUT2D eigenvalue weighted by Crippen LogP contribution is -2.29. The fourth-order valence-electron chi connectivity index (χ4n) is 4.58. The minimum atomic E-state index is -0.230. The number of halogens is 2. The molecule has 2 aliphatic rings. The zero-order valence-electron chi connectivity index (χ0n) is 18.8. The number of benzene rings is 2. The minimum absolute atomic E-state index is 0.230. The Morgan fingerprint density at radius 2 is 1.97 bits per heavy atom. The molecule has 174 valence electrons. The average molecular weight is 479 g/mol. The highest BCUT2D eigenvalue weighted by atomic mass is 35.5. The van der Waals surface area contributed by atoms with E-state index < -0.39 is 0 Å². The molecule has 0 unspecified atom stereocenters. The van der Waals surface area contributed by atoms with E-state index in [4.69, 9.17) is 31.2 Å². The molecule has 2 aromatic heterocycles. The van der Waals surface area contributed by atoms with Gasteiger partial charge in [-0.05, 0) is 54.7 Å². The predicted octanol–water partition coefficient (Wildman–Crippen LogP) is 5.64. The SMILES string of the molecule is COc1ccc(-c2cnn3c(N(Cc4ccc(F)cc4)CC4CC4)c4c(nc23)COC4)c(Cl)c1. The van der Waals surface area contributed by atoms with Gasteiger partial charge >= 0.3 is 0 Å². The first-order chi connectivity index (χ1) is 16.6. The molecule has 0 atom stereocenters. The van der Waals surface area contributed by atoms with Gasteiger partial charge in [0.05, 0.1) is 37.2 Å². The van der Waals surface area contributed by atoms with Crippen molar-refractivity contribution in [1.82, 2.24) is 14.6 Å². The molecule has 1 aliphatic carbocycles. The van der Waals surface area contributed by atoms with Gasteiger partial charge in [0.2, 0.25) is 0 Å². The van der Waals surface area contributed by atoms with Crippen molar-refractivity contribution in [2.24, 2.45) is 5.92 Å². The number of rotatable bonds is 7. The first-order valence-corrected chi connectivity index (χ1v) is 11.8.